The zero-order chi connectivity index (χ0) is 18.3. The van der Waals surface area contributed by atoms with Gasteiger partial charge in [0.25, 0.3) is 0 Å². The third kappa shape index (κ3) is 3.60. The molecule has 0 spiro atoms. The fourth-order valence-electron chi connectivity index (χ4n) is 3.62. The van der Waals surface area contributed by atoms with Gasteiger partial charge in [-0.3, -0.25) is 9.59 Å². The molecule has 2 rings (SSSR count). The molecule has 1 aliphatic carbocycles. The van der Waals surface area contributed by atoms with E-state index in [4.69, 9.17) is 9.16 Å². The molecule has 0 unspecified atom stereocenters. The fourth-order valence-corrected chi connectivity index (χ4v) is 5.05. The number of methoxy groups -OCH3 is 1. The second-order valence-corrected chi connectivity index (χ2v) is 13.6. The van der Waals surface area contributed by atoms with E-state index in [1.54, 1.807) is 7.11 Å². The predicted octanol–water partition coefficient (Wildman–Crippen LogP) is 2.90. The third-order valence-electron chi connectivity index (χ3n) is 6.17. The van der Waals surface area contributed by atoms with Crippen LogP contribution < -0.4 is 5.32 Å². The van der Waals surface area contributed by atoms with Crippen LogP contribution >= 0.6 is 0 Å². The van der Waals surface area contributed by atoms with Crippen molar-refractivity contribution in [2.75, 3.05) is 7.11 Å². The molecule has 0 aromatic heterocycles. The molecular weight excluding hydrogens is 322 g/mol. The molecule has 0 bridgehead atoms. The molecule has 0 aromatic rings. The van der Waals surface area contributed by atoms with Crippen LogP contribution in [0.4, 0.5) is 0 Å². The van der Waals surface area contributed by atoms with E-state index in [-0.39, 0.29) is 46.8 Å². The van der Waals surface area contributed by atoms with Crippen LogP contribution in [0.2, 0.25) is 18.1 Å². The van der Waals surface area contributed by atoms with Crippen molar-refractivity contribution in [2.45, 2.75) is 83.3 Å². The van der Waals surface area contributed by atoms with Crippen LogP contribution in [0.5, 0.6) is 0 Å². The van der Waals surface area contributed by atoms with Gasteiger partial charge in [0.15, 0.2) is 14.1 Å². The molecule has 1 saturated heterocycles. The van der Waals surface area contributed by atoms with Gasteiger partial charge in [-0.25, -0.2) is 0 Å². The van der Waals surface area contributed by atoms with Crippen molar-refractivity contribution in [3.05, 3.63) is 0 Å². The molecule has 0 radical (unpaired) electrons. The molecule has 1 saturated carbocycles. The van der Waals surface area contributed by atoms with Gasteiger partial charge in [0, 0.05) is 13.0 Å². The topological polar surface area (TPSA) is 64.6 Å². The first-order chi connectivity index (χ1) is 11.0. The van der Waals surface area contributed by atoms with E-state index >= 15 is 0 Å². The summed E-state index contributed by atoms with van der Waals surface area (Å²) in [5.41, 5.74) is 0. The largest absolute Gasteiger partial charge is 0.413 e. The lowest BCUT2D eigenvalue weighted by Crippen LogP contribution is -2.68. The Kier molecular flexibility index (Phi) is 5.62. The van der Waals surface area contributed by atoms with Crippen molar-refractivity contribution in [2.24, 2.45) is 11.8 Å². The fraction of sp³-hybridized carbons (Fsp3) is 0.889. The van der Waals surface area contributed by atoms with E-state index in [0.29, 0.717) is 0 Å². The molecule has 6 heteroatoms. The van der Waals surface area contributed by atoms with Gasteiger partial charge in [0.05, 0.1) is 18.1 Å². The average Bonchev–Trinajstić information content (AvgIpc) is 2.43. The average molecular weight is 356 g/mol. The smallest absolute Gasteiger partial charge is 0.228 e. The van der Waals surface area contributed by atoms with Crippen LogP contribution in [-0.2, 0) is 18.8 Å². The van der Waals surface area contributed by atoms with E-state index in [1.165, 1.54) is 0 Å². The second kappa shape index (κ2) is 6.88. The number of β-lactam (4-membered cyclic amide) rings is 1. The summed E-state index contributed by atoms with van der Waals surface area (Å²) in [6.07, 6.45) is 2.09. The van der Waals surface area contributed by atoms with E-state index in [0.717, 1.165) is 19.3 Å². The maximum Gasteiger partial charge on any atom is 0.228 e. The van der Waals surface area contributed by atoms with Gasteiger partial charge in [0.2, 0.25) is 5.91 Å². The quantitative estimate of drug-likeness (QED) is 0.608. The molecule has 1 N–H and O–H groups in total. The highest BCUT2D eigenvalue weighted by atomic mass is 28.4. The van der Waals surface area contributed by atoms with Gasteiger partial charge in [0.1, 0.15) is 6.10 Å². The SMILES string of the molecule is CO[C@H]1CCC[C@@H]([C@H]2NC(=O)[C@H]2[C@@H](C)O[Si](C)(C)C(C)(C)C)C1=O. The summed E-state index contributed by atoms with van der Waals surface area (Å²) in [5, 5.41) is 3.06. The summed E-state index contributed by atoms with van der Waals surface area (Å²) in [4.78, 5) is 24.8. The lowest BCUT2D eigenvalue weighted by atomic mass is 9.71. The van der Waals surface area contributed by atoms with E-state index in [9.17, 15) is 9.59 Å². The number of ether oxygens (including phenoxy) is 1. The molecule has 1 aliphatic heterocycles. The molecule has 1 heterocycles. The van der Waals surface area contributed by atoms with Crippen molar-refractivity contribution in [3.8, 4) is 0 Å². The van der Waals surface area contributed by atoms with Gasteiger partial charge in [-0.15, -0.1) is 0 Å². The minimum Gasteiger partial charge on any atom is -0.413 e. The lowest BCUT2D eigenvalue weighted by Gasteiger charge is -2.48. The standard InChI is InChI=1S/C18H33NO4Si/c1-11(23-24(6,7)18(2,3)4)14-15(19-17(14)21)12-9-8-10-13(22-5)16(12)20/h11-15H,8-10H2,1-7H3,(H,19,21)/t11-,12+,13+,14+,15-/m1/s1. The van der Waals surface area contributed by atoms with Crippen molar-refractivity contribution < 1.29 is 18.8 Å². The normalized spacial score (nSPS) is 33.0. The first kappa shape index (κ1) is 19.6. The van der Waals surface area contributed by atoms with Crippen LogP contribution in [0.1, 0.15) is 47.0 Å². The molecule has 0 aromatic carbocycles. The first-order valence-corrected chi connectivity index (χ1v) is 11.9. The van der Waals surface area contributed by atoms with Gasteiger partial charge < -0.3 is 14.5 Å². The molecule has 1 amide bonds. The van der Waals surface area contributed by atoms with Crippen molar-refractivity contribution in [1.29, 1.82) is 0 Å². The number of carbonyl (C=O) groups is 2. The Bertz CT molecular complexity index is 500. The number of rotatable bonds is 5. The van der Waals surface area contributed by atoms with E-state index in [2.05, 4.69) is 39.2 Å². The van der Waals surface area contributed by atoms with Crippen LogP contribution in [0, 0.1) is 11.8 Å². The molecular formula is C18H33NO4Si. The van der Waals surface area contributed by atoms with Crippen LogP contribution in [0.15, 0.2) is 0 Å². The first-order valence-electron chi connectivity index (χ1n) is 9.04. The minimum atomic E-state index is -1.95. The zero-order valence-corrected chi connectivity index (χ0v) is 17.1. The maximum absolute atomic E-state index is 12.6. The van der Waals surface area contributed by atoms with Crippen LogP contribution in [-0.4, -0.2) is 45.4 Å². The van der Waals surface area contributed by atoms with E-state index in [1.807, 2.05) is 6.92 Å². The zero-order valence-electron chi connectivity index (χ0n) is 16.1. The highest BCUT2D eigenvalue weighted by Crippen LogP contribution is 2.40. The summed E-state index contributed by atoms with van der Waals surface area (Å²) in [7, 11) is -0.361. The number of ketones is 1. The van der Waals surface area contributed by atoms with Gasteiger partial charge in [-0.1, -0.05) is 20.8 Å². The van der Waals surface area contributed by atoms with Crippen LogP contribution in [0.25, 0.3) is 0 Å². The highest BCUT2D eigenvalue weighted by molar-refractivity contribution is 6.74. The minimum absolute atomic E-state index is 0.0125. The summed E-state index contributed by atoms with van der Waals surface area (Å²) < 4.78 is 11.7. The number of amides is 1. The number of carbonyl (C=O) groups excluding carboxylic acids is 2. The molecule has 2 fully saturated rings. The Balaban J connectivity index is 2.09. The molecule has 138 valence electrons. The summed E-state index contributed by atoms with van der Waals surface area (Å²) in [6.45, 7) is 13.0. The molecule has 24 heavy (non-hydrogen) atoms. The Labute approximate surface area is 147 Å². The monoisotopic (exact) mass is 355 g/mol. The Morgan fingerprint density at radius 2 is 1.83 bits per heavy atom. The Morgan fingerprint density at radius 3 is 2.33 bits per heavy atom. The summed E-state index contributed by atoms with van der Waals surface area (Å²) >= 11 is 0. The van der Waals surface area contributed by atoms with Crippen molar-refractivity contribution >= 4 is 20.0 Å². The highest BCUT2D eigenvalue weighted by Gasteiger charge is 2.52. The van der Waals surface area contributed by atoms with Gasteiger partial charge in [-0.05, 0) is 44.3 Å². The molecule has 5 nitrogen and oxygen atoms in total. The number of hydrogen-bond acceptors (Lipinski definition) is 4. The number of nitrogens with one attached hydrogen (secondary N) is 1. The van der Waals surface area contributed by atoms with Gasteiger partial charge >= 0.3 is 0 Å². The maximum atomic E-state index is 12.6. The number of hydrogen-bond donors (Lipinski definition) is 1. The molecule has 5 atom stereocenters. The van der Waals surface area contributed by atoms with Crippen molar-refractivity contribution in [3.63, 3.8) is 0 Å². The lowest BCUT2D eigenvalue weighted by molar-refractivity contribution is -0.149. The Morgan fingerprint density at radius 1 is 1.21 bits per heavy atom. The number of Topliss-reactive ketones (excluding diaryl/α,β-unsaturated/α-hetero) is 1. The second-order valence-electron chi connectivity index (χ2n) is 8.81. The third-order valence-corrected chi connectivity index (χ3v) is 10.7. The summed E-state index contributed by atoms with van der Waals surface area (Å²) in [6, 6.07) is -0.109. The van der Waals surface area contributed by atoms with Crippen LogP contribution in [0.3, 0.4) is 0 Å². The van der Waals surface area contributed by atoms with Crippen molar-refractivity contribution in [1.82, 2.24) is 5.32 Å². The Hall–Kier alpha value is -0.723. The van der Waals surface area contributed by atoms with Gasteiger partial charge in [-0.2, -0.15) is 0 Å². The summed E-state index contributed by atoms with van der Waals surface area (Å²) in [5.74, 6) is -0.225. The predicted molar refractivity (Wildman–Crippen MR) is 96.3 cm³/mol. The molecule has 2 aliphatic rings. The van der Waals surface area contributed by atoms with E-state index < -0.39 is 8.32 Å².